The number of rotatable bonds is 5. The highest BCUT2D eigenvalue weighted by Crippen LogP contribution is 2.25. The quantitative estimate of drug-likeness (QED) is 0.813. The molecule has 1 aliphatic rings. The average Bonchev–Trinajstić information content (AvgIpc) is 2.46. The minimum atomic E-state index is -0.224. The minimum absolute atomic E-state index is 0.224. The van der Waals surface area contributed by atoms with Gasteiger partial charge in [-0.25, -0.2) is 4.79 Å². The molecule has 110 valence electrons. The summed E-state index contributed by atoms with van der Waals surface area (Å²) >= 11 is 0. The van der Waals surface area contributed by atoms with E-state index in [0.29, 0.717) is 30.9 Å². The molecule has 0 aliphatic heterocycles. The normalized spacial score (nSPS) is 22.2. The van der Waals surface area contributed by atoms with Crippen molar-refractivity contribution in [2.75, 3.05) is 18.5 Å². The molecule has 20 heavy (non-hydrogen) atoms. The first kappa shape index (κ1) is 14.8. The summed E-state index contributed by atoms with van der Waals surface area (Å²) in [7, 11) is 0. The smallest absolute Gasteiger partial charge is 0.319 e. The number of carbonyl (C=O) groups excluding carboxylic acids is 1. The molecule has 2 unspecified atom stereocenters. The first-order valence-corrected chi connectivity index (χ1v) is 7.32. The Morgan fingerprint density at radius 3 is 3.05 bits per heavy atom. The van der Waals surface area contributed by atoms with Crippen LogP contribution in [0.5, 0.6) is 0 Å². The van der Waals surface area contributed by atoms with Crippen molar-refractivity contribution in [1.82, 2.24) is 10.3 Å². The summed E-state index contributed by atoms with van der Waals surface area (Å²) in [5.74, 6) is 0.632. The maximum atomic E-state index is 11.6. The fraction of sp³-hybridized carbons (Fsp3) is 0.600. The first-order valence-electron chi connectivity index (χ1n) is 7.32. The zero-order valence-corrected chi connectivity index (χ0v) is 12.0. The van der Waals surface area contributed by atoms with Gasteiger partial charge in [-0.15, -0.1) is 0 Å². The number of aromatic nitrogens is 1. The highest BCUT2D eigenvalue weighted by Gasteiger charge is 2.21. The maximum absolute atomic E-state index is 11.6. The second-order valence-electron chi connectivity index (χ2n) is 5.29. The van der Waals surface area contributed by atoms with E-state index in [4.69, 9.17) is 4.74 Å². The van der Waals surface area contributed by atoms with E-state index in [2.05, 4.69) is 22.5 Å². The molecule has 0 spiro atoms. The summed E-state index contributed by atoms with van der Waals surface area (Å²) in [5.41, 5.74) is 0.687. The highest BCUT2D eigenvalue weighted by atomic mass is 16.5. The first-order chi connectivity index (χ1) is 9.75. The van der Waals surface area contributed by atoms with Gasteiger partial charge in [0.25, 0.3) is 0 Å². The number of ether oxygens (including phenoxy) is 1. The number of anilines is 1. The van der Waals surface area contributed by atoms with Gasteiger partial charge in [0.15, 0.2) is 0 Å². The Morgan fingerprint density at radius 1 is 1.45 bits per heavy atom. The van der Waals surface area contributed by atoms with Gasteiger partial charge >= 0.3 is 6.03 Å². The van der Waals surface area contributed by atoms with E-state index < -0.39 is 0 Å². The van der Waals surface area contributed by atoms with Crippen molar-refractivity contribution < 1.29 is 9.53 Å². The van der Waals surface area contributed by atoms with E-state index in [1.807, 2.05) is 0 Å². The number of carbonyl (C=O) groups is 1. The molecule has 1 heterocycles. The molecule has 1 saturated carbocycles. The van der Waals surface area contributed by atoms with E-state index in [9.17, 15) is 4.79 Å². The van der Waals surface area contributed by atoms with Gasteiger partial charge < -0.3 is 15.4 Å². The van der Waals surface area contributed by atoms with Crippen LogP contribution >= 0.6 is 0 Å². The molecule has 0 saturated heterocycles. The third-order valence-electron chi connectivity index (χ3n) is 3.67. The van der Waals surface area contributed by atoms with E-state index in [-0.39, 0.29) is 6.03 Å². The Labute approximate surface area is 120 Å². The van der Waals surface area contributed by atoms with Crippen LogP contribution in [-0.4, -0.2) is 30.3 Å². The zero-order chi connectivity index (χ0) is 14.2. The van der Waals surface area contributed by atoms with Crippen molar-refractivity contribution in [2.45, 2.75) is 38.7 Å². The van der Waals surface area contributed by atoms with Gasteiger partial charge in [-0.1, -0.05) is 19.8 Å². The molecule has 2 N–H and O–H groups in total. The van der Waals surface area contributed by atoms with Crippen LogP contribution in [0.15, 0.2) is 24.5 Å². The Morgan fingerprint density at radius 2 is 2.30 bits per heavy atom. The SMILES string of the molecule is CC1CCCCC1OCCNC(=O)Nc1cccnc1. The summed E-state index contributed by atoms with van der Waals surface area (Å²) in [6.45, 7) is 3.33. The summed E-state index contributed by atoms with van der Waals surface area (Å²) in [6.07, 6.45) is 8.59. The van der Waals surface area contributed by atoms with Crippen LogP contribution in [0.3, 0.4) is 0 Å². The second kappa shape index (κ2) is 7.85. The minimum Gasteiger partial charge on any atom is -0.376 e. The lowest BCUT2D eigenvalue weighted by Gasteiger charge is -2.28. The van der Waals surface area contributed by atoms with Crippen molar-refractivity contribution in [2.24, 2.45) is 5.92 Å². The molecule has 5 heteroatoms. The van der Waals surface area contributed by atoms with Crippen LogP contribution in [0.2, 0.25) is 0 Å². The lowest BCUT2D eigenvalue weighted by molar-refractivity contribution is -0.00232. The Balaban J connectivity index is 1.60. The molecule has 5 nitrogen and oxygen atoms in total. The van der Waals surface area contributed by atoms with Gasteiger partial charge in [0.05, 0.1) is 24.6 Å². The third kappa shape index (κ3) is 4.81. The van der Waals surface area contributed by atoms with Gasteiger partial charge in [0.2, 0.25) is 0 Å². The molecule has 0 bridgehead atoms. The van der Waals surface area contributed by atoms with Crippen LogP contribution in [0.4, 0.5) is 10.5 Å². The summed E-state index contributed by atoms with van der Waals surface area (Å²) in [6, 6.07) is 3.36. The summed E-state index contributed by atoms with van der Waals surface area (Å²) < 4.78 is 5.84. The van der Waals surface area contributed by atoms with Crippen molar-refractivity contribution in [3.05, 3.63) is 24.5 Å². The van der Waals surface area contributed by atoms with Gasteiger partial charge in [-0.05, 0) is 30.9 Å². The standard InChI is InChI=1S/C15H23N3O2/c1-12-5-2-3-7-14(12)20-10-9-17-15(19)18-13-6-4-8-16-11-13/h4,6,8,11-12,14H,2-3,5,7,9-10H2,1H3,(H2,17,18,19). The molecule has 1 fully saturated rings. The molecule has 1 aliphatic carbocycles. The molecule has 1 aromatic rings. The van der Waals surface area contributed by atoms with Crippen LogP contribution in [-0.2, 0) is 4.74 Å². The number of hydrogen-bond donors (Lipinski definition) is 2. The lowest BCUT2D eigenvalue weighted by atomic mass is 9.88. The molecule has 2 rings (SSSR count). The van der Waals surface area contributed by atoms with Gasteiger partial charge in [-0.2, -0.15) is 0 Å². The number of hydrogen-bond acceptors (Lipinski definition) is 3. The number of nitrogens with zero attached hydrogens (tertiary/aromatic N) is 1. The third-order valence-corrected chi connectivity index (χ3v) is 3.67. The summed E-state index contributed by atoms with van der Waals surface area (Å²) in [4.78, 5) is 15.6. The van der Waals surface area contributed by atoms with Crippen LogP contribution < -0.4 is 10.6 Å². The topological polar surface area (TPSA) is 63.2 Å². The predicted molar refractivity (Wildman–Crippen MR) is 78.6 cm³/mol. The van der Waals surface area contributed by atoms with Crippen LogP contribution in [0, 0.1) is 5.92 Å². The molecule has 0 aromatic carbocycles. The van der Waals surface area contributed by atoms with Gasteiger partial charge in [0.1, 0.15) is 0 Å². The number of urea groups is 1. The molecular weight excluding hydrogens is 254 g/mol. The Hall–Kier alpha value is -1.62. The fourth-order valence-corrected chi connectivity index (χ4v) is 2.52. The van der Waals surface area contributed by atoms with Crippen molar-refractivity contribution in [1.29, 1.82) is 0 Å². The van der Waals surface area contributed by atoms with E-state index in [0.717, 1.165) is 6.42 Å². The van der Waals surface area contributed by atoms with E-state index in [1.54, 1.807) is 24.5 Å². The van der Waals surface area contributed by atoms with E-state index in [1.165, 1.54) is 19.3 Å². The fourth-order valence-electron chi connectivity index (χ4n) is 2.52. The van der Waals surface area contributed by atoms with Crippen LogP contribution in [0.1, 0.15) is 32.6 Å². The van der Waals surface area contributed by atoms with Crippen molar-refractivity contribution in [3.8, 4) is 0 Å². The lowest BCUT2D eigenvalue weighted by Crippen LogP contribution is -2.34. The number of amides is 2. The molecule has 2 amide bonds. The van der Waals surface area contributed by atoms with Gasteiger partial charge in [0, 0.05) is 12.7 Å². The average molecular weight is 277 g/mol. The predicted octanol–water partition coefficient (Wildman–Crippen LogP) is 2.80. The summed E-state index contributed by atoms with van der Waals surface area (Å²) in [5, 5.41) is 5.50. The number of pyridine rings is 1. The van der Waals surface area contributed by atoms with Crippen molar-refractivity contribution >= 4 is 11.7 Å². The van der Waals surface area contributed by atoms with Crippen molar-refractivity contribution in [3.63, 3.8) is 0 Å². The Bertz CT molecular complexity index is 411. The maximum Gasteiger partial charge on any atom is 0.319 e. The van der Waals surface area contributed by atoms with Crippen LogP contribution in [0.25, 0.3) is 0 Å². The molecule has 0 radical (unpaired) electrons. The van der Waals surface area contributed by atoms with E-state index >= 15 is 0 Å². The van der Waals surface area contributed by atoms with Gasteiger partial charge in [-0.3, -0.25) is 4.98 Å². The number of nitrogens with one attached hydrogen (secondary N) is 2. The highest BCUT2D eigenvalue weighted by molar-refractivity contribution is 5.88. The molecule has 1 aromatic heterocycles. The molecular formula is C15H23N3O2. The second-order valence-corrected chi connectivity index (χ2v) is 5.29. The Kier molecular flexibility index (Phi) is 5.80. The zero-order valence-electron chi connectivity index (χ0n) is 12.0. The largest absolute Gasteiger partial charge is 0.376 e. The monoisotopic (exact) mass is 277 g/mol. The molecule has 2 atom stereocenters.